The van der Waals surface area contributed by atoms with Crippen molar-refractivity contribution >= 4 is 11.8 Å². The van der Waals surface area contributed by atoms with E-state index in [0.29, 0.717) is 0 Å². The van der Waals surface area contributed by atoms with Crippen molar-refractivity contribution in [2.24, 2.45) is 0 Å². The van der Waals surface area contributed by atoms with Crippen LogP contribution in [0.15, 0.2) is 0 Å². The van der Waals surface area contributed by atoms with E-state index >= 15 is 0 Å². The van der Waals surface area contributed by atoms with E-state index in [-0.39, 0.29) is 23.9 Å². The first-order valence-corrected chi connectivity index (χ1v) is 5.96. The lowest BCUT2D eigenvalue weighted by atomic mass is 9.95. The highest BCUT2D eigenvalue weighted by Crippen LogP contribution is 2.22. The molecule has 1 fully saturated rings. The normalized spacial score (nSPS) is 26.6. The van der Waals surface area contributed by atoms with Gasteiger partial charge in [0.2, 0.25) is 11.8 Å². The zero-order chi connectivity index (χ0) is 12.5. The van der Waals surface area contributed by atoms with Crippen LogP contribution >= 0.6 is 0 Å². The van der Waals surface area contributed by atoms with Crippen molar-refractivity contribution in [3.8, 4) is 0 Å². The molecular weight excluding hydrogens is 204 g/mol. The molecule has 4 nitrogen and oxygen atoms in total. The van der Waals surface area contributed by atoms with Crippen molar-refractivity contribution in [2.75, 3.05) is 0 Å². The van der Waals surface area contributed by atoms with E-state index in [0.717, 1.165) is 12.8 Å². The van der Waals surface area contributed by atoms with Gasteiger partial charge in [0.25, 0.3) is 0 Å². The molecule has 92 valence electrons. The molecule has 0 aromatic carbocycles. The predicted octanol–water partition coefficient (Wildman–Crippen LogP) is 1.30. The number of nitrogens with one attached hydrogen (secondary N) is 1. The Hall–Kier alpha value is -1.06. The second-order valence-electron chi connectivity index (χ2n) is 5.14. The molecule has 0 aromatic heterocycles. The highest BCUT2D eigenvalue weighted by Gasteiger charge is 2.44. The van der Waals surface area contributed by atoms with Gasteiger partial charge in [0.05, 0.1) is 0 Å². The summed E-state index contributed by atoms with van der Waals surface area (Å²) in [5, 5.41) is 2.75. The van der Waals surface area contributed by atoms with Gasteiger partial charge in [0.15, 0.2) is 0 Å². The maximum absolute atomic E-state index is 12.2. The fraction of sp³-hybridized carbons (Fsp3) is 0.833. The number of amides is 2. The first-order chi connectivity index (χ1) is 7.31. The first kappa shape index (κ1) is 13.0. The number of piperazine rings is 1. The second-order valence-corrected chi connectivity index (χ2v) is 5.14. The Kier molecular flexibility index (Phi) is 3.61. The fourth-order valence-electron chi connectivity index (χ4n) is 2.23. The summed E-state index contributed by atoms with van der Waals surface area (Å²) in [6, 6.07) is -0.236. The Morgan fingerprint density at radius 3 is 2.50 bits per heavy atom. The highest BCUT2D eigenvalue weighted by molar-refractivity contribution is 5.99. The number of hydrogen-bond acceptors (Lipinski definition) is 2. The summed E-state index contributed by atoms with van der Waals surface area (Å²) in [5.41, 5.74) is -0.772. The summed E-state index contributed by atoms with van der Waals surface area (Å²) >= 11 is 0. The third-order valence-electron chi connectivity index (χ3n) is 3.18. The molecule has 2 unspecified atom stereocenters. The lowest BCUT2D eigenvalue weighted by Crippen LogP contribution is -2.68. The Balaban J connectivity index is 2.94. The SMILES string of the molecule is CCCC(C)N1C(=O)C(C)(C)NC(=O)C1C. The van der Waals surface area contributed by atoms with Crippen molar-refractivity contribution in [2.45, 2.75) is 65.1 Å². The average molecular weight is 226 g/mol. The number of carbonyl (C=O) groups is 2. The molecule has 0 spiro atoms. The first-order valence-electron chi connectivity index (χ1n) is 5.96. The molecule has 1 heterocycles. The molecule has 4 heteroatoms. The van der Waals surface area contributed by atoms with Crippen molar-refractivity contribution < 1.29 is 9.59 Å². The maximum atomic E-state index is 12.2. The van der Waals surface area contributed by atoms with Crippen LogP contribution in [0, 0.1) is 0 Å². The molecule has 16 heavy (non-hydrogen) atoms. The van der Waals surface area contributed by atoms with Crippen LogP contribution < -0.4 is 5.32 Å². The van der Waals surface area contributed by atoms with Crippen LogP contribution in [-0.4, -0.2) is 34.3 Å². The Bertz CT molecular complexity index is 299. The zero-order valence-corrected chi connectivity index (χ0v) is 10.8. The second kappa shape index (κ2) is 4.44. The van der Waals surface area contributed by atoms with Crippen molar-refractivity contribution in [3.05, 3.63) is 0 Å². The molecule has 2 atom stereocenters. The molecule has 1 N–H and O–H groups in total. The van der Waals surface area contributed by atoms with E-state index in [1.807, 2.05) is 6.92 Å². The minimum Gasteiger partial charge on any atom is -0.340 e. The number of hydrogen-bond donors (Lipinski definition) is 1. The third kappa shape index (κ3) is 2.20. The summed E-state index contributed by atoms with van der Waals surface area (Å²) in [7, 11) is 0. The van der Waals surface area contributed by atoms with E-state index in [1.54, 1.807) is 25.7 Å². The summed E-state index contributed by atoms with van der Waals surface area (Å²) in [6.07, 6.45) is 1.94. The van der Waals surface area contributed by atoms with Gasteiger partial charge >= 0.3 is 0 Å². The largest absolute Gasteiger partial charge is 0.340 e. The average Bonchev–Trinajstić information content (AvgIpc) is 2.15. The van der Waals surface area contributed by atoms with Gasteiger partial charge in [-0.1, -0.05) is 13.3 Å². The van der Waals surface area contributed by atoms with Gasteiger partial charge in [-0.2, -0.15) is 0 Å². The smallest absolute Gasteiger partial charge is 0.248 e. The van der Waals surface area contributed by atoms with Crippen LogP contribution in [-0.2, 0) is 9.59 Å². The number of nitrogens with zero attached hydrogens (tertiary/aromatic N) is 1. The lowest BCUT2D eigenvalue weighted by molar-refractivity contribution is -0.155. The van der Waals surface area contributed by atoms with Gasteiger partial charge in [-0.15, -0.1) is 0 Å². The lowest BCUT2D eigenvalue weighted by Gasteiger charge is -2.44. The van der Waals surface area contributed by atoms with Crippen molar-refractivity contribution in [3.63, 3.8) is 0 Å². The van der Waals surface area contributed by atoms with Crippen LogP contribution in [0.4, 0.5) is 0 Å². The monoisotopic (exact) mass is 226 g/mol. The molecule has 1 saturated heterocycles. The maximum Gasteiger partial charge on any atom is 0.248 e. The molecule has 1 aliphatic heterocycles. The minimum absolute atomic E-state index is 0.0144. The van der Waals surface area contributed by atoms with Crippen LogP contribution in [0.25, 0.3) is 0 Å². The van der Waals surface area contributed by atoms with Crippen LogP contribution in [0.1, 0.15) is 47.5 Å². The standard InChI is InChI=1S/C12H22N2O2/c1-6-7-8(2)14-9(3)10(15)13-12(4,5)11(14)16/h8-9H,6-7H2,1-5H3,(H,13,15). The Morgan fingerprint density at radius 2 is 2.00 bits per heavy atom. The van der Waals surface area contributed by atoms with Gasteiger partial charge in [-0.05, 0) is 34.1 Å². The predicted molar refractivity (Wildman–Crippen MR) is 62.9 cm³/mol. The molecule has 1 rings (SSSR count). The third-order valence-corrected chi connectivity index (χ3v) is 3.18. The summed E-state index contributed by atoms with van der Waals surface area (Å²) in [6.45, 7) is 9.39. The van der Waals surface area contributed by atoms with Crippen LogP contribution in [0.3, 0.4) is 0 Å². The Labute approximate surface area is 97.4 Å². The molecule has 0 aromatic rings. The summed E-state index contributed by atoms with van der Waals surface area (Å²) in [5.74, 6) is -0.0481. The van der Waals surface area contributed by atoms with Gasteiger partial charge in [0.1, 0.15) is 11.6 Å². The quantitative estimate of drug-likeness (QED) is 0.788. The van der Waals surface area contributed by atoms with E-state index < -0.39 is 5.54 Å². The summed E-state index contributed by atoms with van der Waals surface area (Å²) in [4.78, 5) is 25.7. The van der Waals surface area contributed by atoms with Gasteiger partial charge in [0, 0.05) is 6.04 Å². The number of carbonyl (C=O) groups excluding carboxylic acids is 2. The minimum atomic E-state index is -0.772. The van der Waals surface area contributed by atoms with E-state index in [1.165, 1.54) is 0 Å². The van der Waals surface area contributed by atoms with Crippen molar-refractivity contribution in [1.82, 2.24) is 10.2 Å². The topological polar surface area (TPSA) is 49.4 Å². The molecule has 0 radical (unpaired) electrons. The molecule has 0 bridgehead atoms. The molecule has 2 amide bonds. The van der Waals surface area contributed by atoms with Gasteiger partial charge < -0.3 is 10.2 Å². The van der Waals surface area contributed by atoms with E-state index in [9.17, 15) is 9.59 Å². The van der Waals surface area contributed by atoms with Crippen molar-refractivity contribution in [1.29, 1.82) is 0 Å². The van der Waals surface area contributed by atoms with Gasteiger partial charge in [-0.25, -0.2) is 0 Å². The molecule has 1 aliphatic rings. The Morgan fingerprint density at radius 1 is 1.44 bits per heavy atom. The number of rotatable bonds is 3. The molecule has 0 aliphatic carbocycles. The summed E-state index contributed by atoms with van der Waals surface area (Å²) < 4.78 is 0. The zero-order valence-electron chi connectivity index (χ0n) is 10.8. The molecule has 0 saturated carbocycles. The van der Waals surface area contributed by atoms with E-state index in [4.69, 9.17) is 0 Å². The van der Waals surface area contributed by atoms with Gasteiger partial charge in [-0.3, -0.25) is 9.59 Å². The highest BCUT2D eigenvalue weighted by atomic mass is 16.2. The van der Waals surface area contributed by atoms with Crippen LogP contribution in [0.5, 0.6) is 0 Å². The molecular formula is C12H22N2O2. The van der Waals surface area contributed by atoms with E-state index in [2.05, 4.69) is 12.2 Å². The fourth-order valence-corrected chi connectivity index (χ4v) is 2.23. The van der Waals surface area contributed by atoms with Crippen LogP contribution in [0.2, 0.25) is 0 Å².